The van der Waals surface area contributed by atoms with E-state index >= 15 is 0 Å². The van der Waals surface area contributed by atoms with E-state index in [2.05, 4.69) is 11.1 Å². The van der Waals surface area contributed by atoms with Crippen LogP contribution in [0.3, 0.4) is 0 Å². The Morgan fingerprint density at radius 3 is 3.09 bits per heavy atom. The van der Waals surface area contributed by atoms with Gasteiger partial charge in [-0.2, -0.15) is 0 Å². The van der Waals surface area contributed by atoms with Crippen LogP contribution in [0.1, 0.15) is 0 Å². The average Bonchev–Trinajstić information content (AvgIpc) is 2.06. The molecule has 0 aliphatic heterocycles. The number of rotatable bonds is 0. The van der Waals surface area contributed by atoms with Crippen molar-refractivity contribution in [3.8, 4) is 0 Å². The summed E-state index contributed by atoms with van der Waals surface area (Å²) in [6, 6.07) is 9.05. The Kier molecular flexibility index (Phi) is 1.32. The smallest absolute Gasteiger partial charge is 0.133 e. The number of halogens is 1. The molecule has 0 N–H and O–H groups in total. The van der Waals surface area contributed by atoms with Crippen LogP contribution in [0.2, 0.25) is 0 Å². The van der Waals surface area contributed by atoms with Crippen LogP contribution >= 0.6 is 0 Å². The molecule has 1 radical (unpaired) electrons. The van der Waals surface area contributed by atoms with Crippen LogP contribution < -0.4 is 0 Å². The number of benzene rings is 1. The molecule has 2 heteroatoms. The summed E-state index contributed by atoms with van der Waals surface area (Å²) >= 11 is 0. The van der Waals surface area contributed by atoms with Gasteiger partial charge in [0.15, 0.2) is 0 Å². The fourth-order valence-electron chi connectivity index (χ4n) is 1.01. The number of pyridine rings is 1. The fraction of sp³-hybridized carbons (Fsp3) is 0. The quantitative estimate of drug-likeness (QED) is 0.555. The standard InChI is InChI=1S/C9H5FN/c10-8-4-1-5-9-7(8)3-2-6-11-9/h2-6H. The molecule has 2 rings (SSSR count). The van der Waals surface area contributed by atoms with Crippen LogP contribution in [0, 0.1) is 11.9 Å². The normalized spacial score (nSPS) is 10.3. The van der Waals surface area contributed by atoms with Crippen LogP contribution in [0.5, 0.6) is 0 Å². The molecule has 1 heterocycles. The third kappa shape index (κ3) is 0.963. The number of hydrogen-bond donors (Lipinski definition) is 0. The first-order valence-electron chi connectivity index (χ1n) is 3.28. The van der Waals surface area contributed by atoms with E-state index in [-0.39, 0.29) is 5.82 Å². The number of hydrogen-bond acceptors (Lipinski definition) is 1. The highest BCUT2D eigenvalue weighted by Crippen LogP contribution is 2.13. The van der Waals surface area contributed by atoms with Gasteiger partial charge in [-0.1, -0.05) is 0 Å². The number of aromatic nitrogens is 1. The van der Waals surface area contributed by atoms with Gasteiger partial charge >= 0.3 is 0 Å². The molecule has 11 heavy (non-hydrogen) atoms. The van der Waals surface area contributed by atoms with Crippen LogP contribution in [-0.2, 0) is 0 Å². The predicted molar refractivity (Wildman–Crippen MR) is 40.5 cm³/mol. The number of fused-ring (bicyclic) bond motifs is 1. The van der Waals surface area contributed by atoms with E-state index in [0.29, 0.717) is 10.9 Å². The van der Waals surface area contributed by atoms with E-state index in [9.17, 15) is 4.39 Å². The molecule has 0 fully saturated rings. The van der Waals surface area contributed by atoms with Crippen molar-refractivity contribution in [2.45, 2.75) is 0 Å². The van der Waals surface area contributed by atoms with Crippen molar-refractivity contribution >= 4 is 10.9 Å². The van der Waals surface area contributed by atoms with Crippen molar-refractivity contribution in [2.24, 2.45) is 0 Å². The summed E-state index contributed by atoms with van der Waals surface area (Å²) < 4.78 is 12.9. The lowest BCUT2D eigenvalue weighted by Gasteiger charge is -1.94. The molecule has 0 atom stereocenters. The SMILES string of the molecule is Fc1c[c]cc2ncccc12. The molecule has 0 spiro atoms. The lowest BCUT2D eigenvalue weighted by atomic mass is 10.2. The Bertz CT molecular complexity index is 379. The van der Waals surface area contributed by atoms with Gasteiger partial charge in [-0.05, 0) is 30.3 Å². The van der Waals surface area contributed by atoms with Gasteiger partial charge in [-0.15, -0.1) is 0 Å². The van der Waals surface area contributed by atoms with Crippen LogP contribution in [0.25, 0.3) is 10.9 Å². The first-order valence-corrected chi connectivity index (χ1v) is 3.28. The van der Waals surface area contributed by atoms with Crippen LogP contribution in [-0.4, -0.2) is 4.98 Å². The van der Waals surface area contributed by atoms with Gasteiger partial charge in [-0.3, -0.25) is 4.98 Å². The zero-order valence-electron chi connectivity index (χ0n) is 5.71. The summed E-state index contributed by atoms with van der Waals surface area (Å²) in [6.45, 7) is 0. The van der Waals surface area contributed by atoms with Crippen molar-refractivity contribution in [1.82, 2.24) is 4.98 Å². The summed E-state index contributed by atoms with van der Waals surface area (Å²) in [5, 5.41) is 0.547. The summed E-state index contributed by atoms with van der Waals surface area (Å²) in [4.78, 5) is 3.97. The van der Waals surface area contributed by atoms with Crippen molar-refractivity contribution in [3.05, 3.63) is 42.3 Å². The van der Waals surface area contributed by atoms with Gasteiger partial charge in [0.1, 0.15) is 5.82 Å². The van der Waals surface area contributed by atoms with E-state index < -0.39 is 0 Å². The fourth-order valence-corrected chi connectivity index (χ4v) is 1.01. The maximum absolute atomic E-state index is 12.9. The van der Waals surface area contributed by atoms with Crippen LogP contribution in [0.15, 0.2) is 30.5 Å². The highest BCUT2D eigenvalue weighted by Gasteiger charge is 1.97. The maximum atomic E-state index is 12.9. The first-order chi connectivity index (χ1) is 5.38. The Hall–Kier alpha value is -1.44. The second kappa shape index (κ2) is 2.31. The third-order valence-electron chi connectivity index (χ3n) is 1.53. The minimum atomic E-state index is -0.268. The topological polar surface area (TPSA) is 12.9 Å². The maximum Gasteiger partial charge on any atom is 0.133 e. The van der Waals surface area contributed by atoms with Gasteiger partial charge in [0, 0.05) is 11.6 Å². The predicted octanol–water partition coefficient (Wildman–Crippen LogP) is 2.17. The molecule has 0 unspecified atom stereocenters. The molecule has 0 amide bonds. The lowest BCUT2D eigenvalue weighted by Crippen LogP contribution is -1.80. The van der Waals surface area contributed by atoms with Crippen molar-refractivity contribution < 1.29 is 4.39 Å². The Labute approximate surface area is 63.5 Å². The molecular weight excluding hydrogens is 141 g/mol. The van der Waals surface area contributed by atoms with Gasteiger partial charge < -0.3 is 0 Å². The average molecular weight is 146 g/mol. The van der Waals surface area contributed by atoms with Crippen molar-refractivity contribution in [2.75, 3.05) is 0 Å². The Morgan fingerprint density at radius 1 is 1.36 bits per heavy atom. The van der Waals surface area contributed by atoms with E-state index in [0.717, 1.165) is 0 Å². The summed E-state index contributed by atoms with van der Waals surface area (Å²) in [5.74, 6) is -0.268. The van der Waals surface area contributed by atoms with Crippen molar-refractivity contribution in [3.63, 3.8) is 0 Å². The second-order valence-corrected chi connectivity index (χ2v) is 2.24. The van der Waals surface area contributed by atoms with E-state index in [1.54, 1.807) is 24.4 Å². The Balaban J connectivity index is 2.91. The highest BCUT2D eigenvalue weighted by atomic mass is 19.1. The van der Waals surface area contributed by atoms with E-state index in [1.165, 1.54) is 6.07 Å². The molecule has 1 nitrogen and oxygen atoms in total. The molecule has 0 saturated carbocycles. The van der Waals surface area contributed by atoms with Gasteiger partial charge in [-0.25, -0.2) is 4.39 Å². The molecule has 1 aromatic carbocycles. The largest absolute Gasteiger partial charge is 0.256 e. The molecule has 0 aliphatic carbocycles. The minimum Gasteiger partial charge on any atom is -0.256 e. The molecule has 0 bridgehead atoms. The van der Waals surface area contributed by atoms with Crippen molar-refractivity contribution in [1.29, 1.82) is 0 Å². The summed E-state index contributed by atoms with van der Waals surface area (Å²) in [5.41, 5.74) is 0.646. The third-order valence-corrected chi connectivity index (χ3v) is 1.53. The molecule has 0 saturated heterocycles. The molecule has 2 aromatic rings. The van der Waals surface area contributed by atoms with E-state index in [1.807, 2.05) is 0 Å². The molecular formula is C9H5FN. The first kappa shape index (κ1) is 6.28. The summed E-state index contributed by atoms with van der Waals surface area (Å²) in [6.07, 6.45) is 1.63. The molecule has 0 aliphatic rings. The molecule has 1 aromatic heterocycles. The monoisotopic (exact) mass is 146 g/mol. The van der Waals surface area contributed by atoms with Crippen LogP contribution in [0.4, 0.5) is 4.39 Å². The zero-order valence-corrected chi connectivity index (χ0v) is 5.71. The minimum absolute atomic E-state index is 0.268. The van der Waals surface area contributed by atoms with Gasteiger partial charge in [0.05, 0.1) is 5.52 Å². The summed E-state index contributed by atoms with van der Waals surface area (Å²) in [7, 11) is 0. The van der Waals surface area contributed by atoms with E-state index in [4.69, 9.17) is 0 Å². The lowest BCUT2D eigenvalue weighted by molar-refractivity contribution is 0.639. The van der Waals surface area contributed by atoms with Gasteiger partial charge in [0.25, 0.3) is 0 Å². The Morgan fingerprint density at radius 2 is 2.27 bits per heavy atom. The molecule has 53 valence electrons. The number of nitrogens with zero attached hydrogens (tertiary/aromatic N) is 1. The highest BCUT2D eigenvalue weighted by molar-refractivity contribution is 5.78. The van der Waals surface area contributed by atoms with Gasteiger partial charge in [0.2, 0.25) is 0 Å². The zero-order chi connectivity index (χ0) is 7.68. The second-order valence-electron chi connectivity index (χ2n) is 2.24.